The lowest BCUT2D eigenvalue weighted by Gasteiger charge is -2.37. The number of ether oxygens (including phenoxy) is 2. The molecule has 2 atom stereocenters. The summed E-state index contributed by atoms with van der Waals surface area (Å²) in [4.78, 5) is 15.0. The van der Waals surface area contributed by atoms with Crippen LogP contribution in [-0.2, 0) is 16.1 Å². The monoisotopic (exact) mass is 495 g/mol. The summed E-state index contributed by atoms with van der Waals surface area (Å²) in [6.07, 6.45) is 0.261. The van der Waals surface area contributed by atoms with Gasteiger partial charge in [-0.2, -0.15) is 0 Å². The Kier molecular flexibility index (Phi) is 8.89. The molecule has 3 aromatic carbocycles. The molecule has 0 bridgehead atoms. The molecular weight excluding hydrogens is 466 g/mol. The van der Waals surface area contributed by atoms with E-state index in [4.69, 9.17) is 9.47 Å². The summed E-state index contributed by atoms with van der Waals surface area (Å²) in [5.74, 6) is 0.553. The number of carbonyl (C=O) groups excluding carboxylic acids is 1. The third kappa shape index (κ3) is 6.21. The van der Waals surface area contributed by atoms with Gasteiger partial charge >= 0.3 is 5.97 Å². The van der Waals surface area contributed by atoms with E-state index < -0.39 is 0 Å². The molecule has 4 nitrogen and oxygen atoms in total. The van der Waals surface area contributed by atoms with E-state index in [-0.39, 0.29) is 24.5 Å². The standard InChI is InChI=1S/C27H30BrNO3/c1-4-32-27(30)18-25(23-15-16-26(31-3)24(28)17-23)29(19-21-11-7-5-8-12-21)20(2)22-13-9-6-10-14-22/h5-17,20,25H,4,18-19H2,1-3H3/t20-,25?/m1/s1. The lowest BCUT2D eigenvalue weighted by molar-refractivity contribution is -0.145. The molecule has 0 fully saturated rings. The van der Waals surface area contributed by atoms with Crippen molar-refractivity contribution in [1.29, 1.82) is 0 Å². The average Bonchev–Trinajstić information content (AvgIpc) is 2.82. The maximum Gasteiger partial charge on any atom is 0.307 e. The minimum atomic E-state index is -0.206. The molecule has 0 radical (unpaired) electrons. The van der Waals surface area contributed by atoms with Gasteiger partial charge < -0.3 is 9.47 Å². The van der Waals surface area contributed by atoms with Crippen molar-refractivity contribution in [1.82, 2.24) is 4.90 Å². The van der Waals surface area contributed by atoms with Gasteiger partial charge in [0.2, 0.25) is 0 Å². The Morgan fingerprint density at radius 3 is 2.22 bits per heavy atom. The molecule has 0 amide bonds. The number of halogens is 1. The Bertz CT molecular complexity index is 994. The second-order valence-electron chi connectivity index (χ2n) is 7.66. The summed E-state index contributed by atoms with van der Waals surface area (Å²) < 4.78 is 11.6. The second-order valence-corrected chi connectivity index (χ2v) is 8.52. The zero-order valence-corrected chi connectivity index (χ0v) is 20.4. The number of hydrogen-bond acceptors (Lipinski definition) is 4. The highest BCUT2D eigenvalue weighted by Crippen LogP contribution is 2.37. The lowest BCUT2D eigenvalue weighted by atomic mass is 9.96. The molecule has 0 saturated heterocycles. The average molecular weight is 496 g/mol. The molecule has 0 saturated carbocycles. The van der Waals surface area contributed by atoms with Gasteiger partial charge in [0.25, 0.3) is 0 Å². The number of benzene rings is 3. The predicted octanol–water partition coefficient (Wildman–Crippen LogP) is 6.72. The van der Waals surface area contributed by atoms with E-state index >= 15 is 0 Å². The van der Waals surface area contributed by atoms with Gasteiger partial charge in [-0.1, -0.05) is 66.7 Å². The summed E-state index contributed by atoms with van der Waals surface area (Å²) in [6.45, 7) is 5.09. The minimum absolute atomic E-state index is 0.0803. The smallest absolute Gasteiger partial charge is 0.307 e. The highest BCUT2D eigenvalue weighted by atomic mass is 79.9. The maximum absolute atomic E-state index is 12.7. The number of methoxy groups -OCH3 is 1. The molecule has 1 unspecified atom stereocenters. The van der Waals surface area contributed by atoms with E-state index in [9.17, 15) is 4.79 Å². The Labute approximate surface area is 199 Å². The molecule has 32 heavy (non-hydrogen) atoms. The molecule has 3 aromatic rings. The maximum atomic E-state index is 12.7. The van der Waals surface area contributed by atoms with Crippen molar-refractivity contribution in [3.8, 4) is 5.75 Å². The van der Waals surface area contributed by atoms with Gasteiger partial charge in [0, 0.05) is 18.6 Å². The molecule has 0 spiro atoms. The molecule has 3 rings (SSSR count). The summed E-state index contributed by atoms with van der Waals surface area (Å²) in [6, 6.07) is 26.7. The van der Waals surface area contributed by atoms with Crippen molar-refractivity contribution in [2.45, 2.75) is 38.9 Å². The van der Waals surface area contributed by atoms with Crippen LogP contribution in [-0.4, -0.2) is 24.6 Å². The van der Waals surface area contributed by atoms with Crippen LogP contribution in [0.25, 0.3) is 0 Å². The molecule has 5 heteroatoms. The summed E-state index contributed by atoms with van der Waals surface area (Å²) in [5, 5.41) is 0. The molecule has 0 N–H and O–H groups in total. The number of nitrogens with zero attached hydrogens (tertiary/aromatic N) is 1. The number of hydrogen-bond donors (Lipinski definition) is 0. The normalized spacial score (nSPS) is 12.9. The predicted molar refractivity (Wildman–Crippen MR) is 132 cm³/mol. The number of carbonyl (C=O) groups is 1. The van der Waals surface area contributed by atoms with E-state index in [1.54, 1.807) is 7.11 Å². The molecule has 0 aliphatic carbocycles. The van der Waals surface area contributed by atoms with Crippen molar-refractivity contribution in [2.75, 3.05) is 13.7 Å². The highest BCUT2D eigenvalue weighted by Gasteiger charge is 2.29. The SMILES string of the molecule is CCOC(=O)CC(c1ccc(OC)c(Br)c1)N(Cc1ccccc1)[C@H](C)c1ccccc1. The molecule has 0 heterocycles. The number of rotatable bonds is 10. The Morgan fingerprint density at radius 1 is 0.969 bits per heavy atom. The Hall–Kier alpha value is -2.63. The number of esters is 1. The summed E-state index contributed by atoms with van der Waals surface area (Å²) >= 11 is 3.61. The van der Waals surface area contributed by atoms with E-state index in [0.717, 1.165) is 15.8 Å². The van der Waals surface area contributed by atoms with E-state index in [0.29, 0.717) is 13.2 Å². The van der Waals surface area contributed by atoms with E-state index in [1.807, 2.05) is 49.4 Å². The molecule has 0 aliphatic rings. The van der Waals surface area contributed by atoms with Gasteiger partial charge in [-0.25, -0.2) is 0 Å². The first-order valence-corrected chi connectivity index (χ1v) is 11.7. The van der Waals surface area contributed by atoms with E-state index in [2.05, 4.69) is 64.2 Å². The molecule has 0 aliphatic heterocycles. The van der Waals surface area contributed by atoms with Gasteiger partial charge in [0.1, 0.15) is 5.75 Å². The second kappa shape index (κ2) is 11.8. The van der Waals surface area contributed by atoms with E-state index in [1.165, 1.54) is 11.1 Å². The topological polar surface area (TPSA) is 38.8 Å². The van der Waals surface area contributed by atoms with Gasteiger partial charge in [-0.05, 0) is 58.6 Å². The largest absolute Gasteiger partial charge is 0.496 e. The first-order chi connectivity index (χ1) is 15.5. The third-order valence-electron chi connectivity index (χ3n) is 5.61. The van der Waals surface area contributed by atoms with Crippen LogP contribution in [0.5, 0.6) is 5.75 Å². The van der Waals surface area contributed by atoms with Crippen molar-refractivity contribution in [3.05, 3.63) is 100 Å². The van der Waals surface area contributed by atoms with Crippen LogP contribution in [0, 0.1) is 0 Å². The van der Waals surface area contributed by atoms with Gasteiger partial charge in [0.15, 0.2) is 0 Å². The van der Waals surface area contributed by atoms with Gasteiger partial charge in [-0.15, -0.1) is 0 Å². The fourth-order valence-corrected chi connectivity index (χ4v) is 4.49. The van der Waals surface area contributed by atoms with Crippen molar-refractivity contribution >= 4 is 21.9 Å². The van der Waals surface area contributed by atoms with Crippen LogP contribution < -0.4 is 4.74 Å². The lowest BCUT2D eigenvalue weighted by Crippen LogP contribution is -2.33. The van der Waals surface area contributed by atoms with Crippen LogP contribution in [0.4, 0.5) is 0 Å². The van der Waals surface area contributed by atoms with Gasteiger partial charge in [-0.3, -0.25) is 9.69 Å². The molecule has 168 valence electrons. The van der Waals surface area contributed by atoms with Crippen molar-refractivity contribution in [2.24, 2.45) is 0 Å². The van der Waals surface area contributed by atoms with Crippen molar-refractivity contribution in [3.63, 3.8) is 0 Å². The van der Waals surface area contributed by atoms with Crippen LogP contribution in [0.1, 0.15) is 49.0 Å². The van der Waals surface area contributed by atoms with Crippen LogP contribution in [0.3, 0.4) is 0 Å². The fraction of sp³-hybridized carbons (Fsp3) is 0.296. The molecule has 0 aromatic heterocycles. The molecular formula is C27H30BrNO3. The van der Waals surface area contributed by atoms with Crippen LogP contribution in [0.2, 0.25) is 0 Å². The van der Waals surface area contributed by atoms with Gasteiger partial charge in [0.05, 0.1) is 24.6 Å². The Balaban J connectivity index is 2.06. The Morgan fingerprint density at radius 2 is 1.62 bits per heavy atom. The van der Waals surface area contributed by atoms with Crippen molar-refractivity contribution < 1.29 is 14.3 Å². The first-order valence-electron chi connectivity index (χ1n) is 10.9. The van der Waals surface area contributed by atoms with Crippen LogP contribution >= 0.6 is 15.9 Å². The highest BCUT2D eigenvalue weighted by molar-refractivity contribution is 9.10. The zero-order valence-electron chi connectivity index (χ0n) is 18.8. The quantitative estimate of drug-likeness (QED) is 0.292. The first kappa shape index (κ1) is 24.0. The van der Waals surface area contributed by atoms with Crippen LogP contribution in [0.15, 0.2) is 83.3 Å². The fourth-order valence-electron chi connectivity index (χ4n) is 3.93. The zero-order chi connectivity index (χ0) is 22.9. The third-order valence-corrected chi connectivity index (χ3v) is 6.23. The summed E-state index contributed by atoms with van der Waals surface area (Å²) in [7, 11) is 1.65. The summed E-state index contributed by atoms with van der Waals surface area (Å²) in [5.41, 5.74) is 3.42. The minimum Gasteiger partial charge on any atom is -0.496 e.